The van der Waals surface area contributed by atoms with Gasteiger partial charge in [0.25, 0.3) is 0 Å². The molecule has 0 spiro atoms. The number of carbonyl (C=O) groups excluding carboxylic acids is 1. The highest BCUT2D eigenvalue weighted by atomic mass is 35.5. The summed E-state index contributed by atoms with van der Waals surface area (Å²) in [5.74, 6) is 0.439. The van der Waals surface area contributed by atoms with Gasteiger partial charge >= 0.3 is 0 Å². The van der Waals surface area contributed by atoms with Gasteiger partial charge in [0.15, 0.2) is 6.61 Å². The highest BCUT2D eigenvalue weighted by Gasteiger charge is 2.16. The third-order valence-corrected chi connectivity index (χ3v) is 4.39. The molecule has 4 nitrogen and oxygen atoms in total. The Morgan fingerprint density at radius 3 is 2.57 bits per heavy atom. The Morgan fingerprint density at radius 1 is 1.17 bits per heavy atom. The Hall–Kier alpha value is -1.49. The van der Waals surface area contributed by atoms with E-state index in [1.54, 1.807) is 25.3 Å². The first-order valence-corrected chi connectivity index (χ1v) is 7.96. The van der Waals surface area contributed by atoms with E-state index in [9.17, 15) is 4.79 Å². The first kappa shape index (κ1) is 17.9. The van der Waals surface area contributed by atoms with Crippen LogP contribution in [0, 0.1) is 13.8 Å². The van der Waals surface area contributed by atoms with Crippen molar-refractivity contribution < 1.29 is 14.3 Å². The quantitative estimate of drug-likeness (QED) is 0.694. The topological polar surface area (TPSA) is 40.5 Å². The van der Waals surface area contributed by atoms with Crippen molar-refractivity contribution in [3.8, 4) is 5.75 Å². The third kappa shape index (κ3) is 4.28. The number of carbonyl (C=O) groups is 1. The van der Waals surface area contributed by atoms with E-state index in [1.807, 2.05) is 19.9 Å². The third-order valence-electron chi connectivity index (χ3n) is 3.65. The van der Waals surface area contributed by atoms with Crippen LogP contribution in [0.3, 0.4) is 0 Å². The second-order valence-electron chi connectivity index (χ2n) is 5.22. The Balaban J connectivity index is 2.07. The monoisotopic (exact) mass is 355 g/mol. The van der Waals surface area contributed by atoms with E-state index in [1.165, 1.54) is 0 Å². The molecule has 0 aliphatic rings. The molecule has 0 fully saturated rings. The maximum atomic E-state index is 12.4. The summed E-state index contributed by atoms with van der Waals surface area (Å²) < 4.78 is 12.7. The van der Waals surface area contributed by atoms with Gasteiger partial charge in [-0.15, -0.1) is 0 Å². The number of benzene rings is 1. The number of hydrogen-bond donors (Lipinski definition) is 0. The van der Waals surface area contributed by atoms with Crippen molar-refractivity contribution in [2.45, 2.75) is 20.4 Å². The van der Waals surface area contributed by atoms with Crippen molar-refractivity contribution in [2.75, 3.05) is 20.3 Å². The van der Waals surface area contributed by atoms with Gasteiger partial charge in [-0.3, -0.25) is 4.79 Å². The summed E-state index contributed by atoms with van der Waals surface area (Å²) in [4.78, 5) is 12.4. The average molecular weight is 356 g/mol. The van der Waals surface area contributed by atoms with Gasteiger partial charge in [-0.05, 0) is 32.0 Å². The van der Waals surface area contributed by atoms with Gasteiger partial charge in [0.2, 0.25) is 5.78 Å². The van der Waals surface area contributed by atoms with Gasteiger partial charge in [-0.1, -0.05) is 23.2 Å². The van der Waals surface area contributed by atoms with E-state index in [2.05, 4.69) is 4.57 Å². The van der Waals surface area contributed by atoms with Gasteiger partial charge in [0.1, 0.15) is 5.75 Å². The number of ketones is 1. The highest BCUT2D eigenvalue weighted by molar-refractivity contribution is 6.42. The minimum atomic E-state index is -0.0761. The summed E-state index contributed by atoms with van der Waals surface area (Å²) in [7, 11) is 1.66. The molecular formula is C17H19Cl2NO3. The summed E-state index contributed by atoms with van der Waals surface area (Å²) in [5.41, 5.74) is 2.61. The summed E-state index contributed by atoms with van der Waals surface area (Å²) in [6, 6.07) is 6.80. The Morgan fingerprint density at radius 2 is 1.91 bits per heavy atom. The van der Waals surface area contributed by atoms with Gasteiger partial charge in [0.05, 0.1) is 16.7 Å². The molecule has 2 rings (SSSR count). The predicted molar refractivity (Wildman–Crippen MR) is 92.1 cm³/mol. The Bertz CT molecular complexity index is 710. The lowest BCUT2D eigenvalue weighted by molar-refractivity contribution is 0.0920. The van der Waals surface area contributed by atoms with Crippen molar-refractivity contribution in [3.63, 3.8) is 0 Å². The smallest absolute Gasteiger partial charge is 0.202 e. The summed E-state index contributed by atoms with van der Waals surface area (Å²) in [6.45, 7) is 5.17. The van der Waals surface area contributed by atoms with E-state index in [-0.39, 0.29) is 12.4 Å². The number of aromatic nitrogens is 1. The zero-order valence-electron chi connectivity index (χ0n) is 13.4. The van der Waals surface area contributed by atoms with Crippen molar-refractivity contribution in [3.05, 3.63) is 51.3 Å². The number of ether oxygens (including phenoxy) is 2. The van der Waals surface area contributed by atoms with Gasteiger partial charge < -0.3 is 14.0 Å². The highest BCUT2D eigenvalue weighted by Crippen LogP contribution is 2.26. The predicted octanol–water partition coefficient (Wildman–Crippen LogP) is 4.32. The lowest BCUT2D eigenvalue weighted by atomic mass is 10.1. The molecule has 0 saturated carbocycles. The molecular weight excluding hydrogens is 337 g/mol. The van der Waals surface area contributed by atoms with Crippen molar-refractivity contribution in [1.82, 2.24) is 4.57 Å². The van der Waals surface area contributed by atoms with Crippen molar-refractivity contribution >= 4 is 29.0 Å². The molecule has 0 saturated heterocycles. The van der Waals surface area contributed by atoms with Crippen LogP contribution in [0.1, 0.15) is 21.7 Å². The van der Waals surface area contributed by atoms with Crippen LogP contribution in [0.15, 0.2) is 24.3 Å². The molecule has 0 unspecified atom stereocenters. The first-order valence-electron chi connectivity index (χ1n) is 7.20. The molecule has 0 atom stereocenters. The normalized spacial score (nSPS) is 10.8. The molecule has 0 bridgehead atoms. The number of nitrogens with zero attached hydrogens (tertiary/aromatic N) is 1. The van der Waals surface area contributed by atoms with Gasteiger partial charge in [-0.25, -0.2) is 0 Å². The van der Waals surface area contributed by atoms with Crippen LogP contribution in [-0.4, -0.2) is 30.7 Å². The fourth-order valence-corrected chi connectivity index (χ4v) is 2.69. The van der Waals surface area contributed by atoms with E-state index in [4.69, 9.17) is 32.7 Å². The second kappa shape index (κ2) is 7.86. The number of Topliss-reactive ketones (excluding diaryl/α,β-unsaturated/α-hetero) is 1. The lowest BCUT2D eigenvalue weighted by Crippen LogP contribution is -2.13. The standard InChI is InChI=1S/C17H19Cl2NO3/c1-11-8-14(12(2)20(11)6-7-22-3)17(21)10-23-13-4-5-15(18)16(19)9-13/h4-5,8-9H,6-7,10H2,1-3H3. The molecule has 0 aliphatic heterocycles. The average Bonchev–Trinajstić information content (AvgIpc) is 2.81. The number of halogens is 2. The molecule has 1 heterocycles. The molecule has 0 N–H and O–H groups in total. The number of rotatable bonds is 7. The van der Waals surface area contributed by atoms with Crippen LogP contribution in [0.25, 0.3) is 0 Å². The minimum Gasteiger partial charge on any atom is -0.485 e. The lowest BCUT2D eigenvalue weighted by Gasteiger charge is -2.09. The van der Waals surface area contributed by atoms with Crippen LogP contribution >= 0.6 is 23.2 Å². The fraction of sp³-hybridized carbons (Fsp3) is 0.353. The van der Waals surface area contributed by atoms with Gasteiger partial charge in [-0.2, -0.15) is 0 Å². The van der Waals surface area contributed by atoms with Crippen molar-refractivity contribution in [1.29, 1.82) is 0 Å². The molecule has 0 radical (unpaired) electrons. The van der Waals surface area contributed by atoms with E-state index in [0.717, 1.165) is 17.9 Å². The molecule has 0 aliphatic carbocycles. The van der Waals surface area contributed by atoms with Crippen LogP contribution in [0.4, 0.5) is 0 Å². The minimum absolute atomic E-state index is 0.0491. The zero-order valence-corrected chi connectivity index (χ0v) is 14.9. The van der Waals surface area contributed by atoms with Crippen LogP contribution < -0.4 is 4.74 Å². The van der Waals surface area contributed by atoms with Crippen LogP contribution in [-0.2, 0) is 11.3 Å². The SMILES string of the molecule is COCCn1c(C)cc(C(=O)COc2ccc(Cl)c(Cl)c2)c1C. The van der Waals surface area contributed by atoms with Gasteiger partial charge in [0, 0.05) is 36.7 Å². The summed E-state index contributed by atoms with van der Waals surface area (Å²) in [6.07, 6.45) is 0. The maximum Gasteiger partial charge on any atom is 0.202 e. The van der Waals surface area contributed by atoms with E-state index in [0.29, 0.717) is 28.0 Å². The molecule has 1 aromatic carbocycles. The molecule has 23 heavy (non-hydrogen) atoms. The molecule has 124 valence electrons. The van der Waals surface area contributed by atoms with E-state index < -0.39 is 0 Å². The fourth-order valence-electron chi connectivity index (χ4n) is 2.40. The summed E-state index contributed by atoms with van der Waals surface area (Å²) in [5, 5.41) is 0.849. The van der Waals surface area contributed by atoms with Crippen LogP contribution in [0.2, 0.25) is 10.0 Å². The number of methoxy groups -OCH3 is 1. The molecule has 6 heteroatoms. The van der Waals surface area contributed by atoms with Crippen molar-refractivity contribution in [2.24, 2.45) is 0 Å². The first-order chi connectivity index (χ1) is 10.9. The van der Waals surface area contributed by atoms with Crippen LogP contribution in [0.5, 0.6) is 5.75 Å². The zero-order chi connectivity index (χ0) is 17.0. The summed E-state index contributed by atoms with van der Waals surface area (Å²) >= 11 is 11.8. The maximum absolute atomic E-state index is 12.4. The van der Waals surface area contributed by atoms with E-state index >= 15 is 0 Å². The number of aryl methyl sites for hydroxylation is 1. The molecule has 2 aromatic rings. The molecule has 1 aromatic heterocycles. The number of hydrogen-bond acceptors (Lipinski definition) is 3. The largest absolute Gasteiger partial charge is 0.485 e. The molecule has 0 amide bonds. The second-order valence-corrected chi connectivity index (χ2v) is 6.03. The Labute approximate surface area is 145 Å². The Kier molecular flexibility index (Phi) is 6.10.